The fourth-order valence-corrected chi connectivity index (χ4v) is 2.56. The second kappa shape index (κ2) is 16.6. The first kappa shape index (κ1) is 27.6. The van der Waals surface area contributed by atoms with Crippen molar-refractivity contribution in [3.8, 4) is 12.3 Å². The van der Waals surface area contributed by atoms with E-state index in [2.05, 4.69) is 58.7 Å². The predicted molar refractivity (Wildman–Crippen MR) is 115 cm³/mol. The van der Waals surface area contributed by atoms with Gasteiger partial charge in [0.2, 0.25) is 0 Å². The Morgan fingerprint density at radius 3 is 1.79 bits per heavy atom. The van der Waals surface area contributed by atoms with E-state index in [1.165, 1.54) is 29.5 Å². The van der Waals surface area contributed by atoms with Crippen molar-refractivity contribution in [1.29, 1.82) is 0 Å². The molecule has 0 spiro atoms. The molecule has 1 aromatic carbocycles. The highest BCUT2D eigenvalue weighted by molar-refractivity contribution is 5.40. The van der Waals surface area contributed by atoms with Crippen molar-refractivity contribution in [2.24, 2.45) is 5.92 Å². The van der Waals surface area contributed by atoms with Gasteiger partial charge in [-0.3, -0.25) is 0 Å². The van der Waals surface area contributed by atoms with Crippen LogP contribution in [0.4, 0.5) is 0 Å². The maximum atomic E-state index is 5.92. The summed E-state index contributed by atoms with van der Waals surface area (Å²) in [5.74, 6) is 3.58. The van der Waals surface area contributed by atoms with E-state index in [1.807, 2.05) is 41.5 Å². The topological polar surface area (TPSA) is 0 Å². The highest BCUT2D eigenvalue weighted by Crippen LogP contribution is 2.37. The van der Waals surface area contributed by atoms with Crippen LogP contribution in [0, 0.1) is 32.1 Å². The molecule has 0 bridgehead atoms. The molecule has 0 nitrogen and oxygen atoms in total. The molecule has 1 rings (SSSR count). The second-order valence-corrected chi connectivity index (χ2v) is 5.67. The Balaban J connectivity index is -0.000000659. The summed E-state index contributed by atoms with van der Waals surface area (Å²) in [5, 5.41) is 0. The van der Waals surface area contributed by atoms with E-state index in [-0.39, 0.29) is 5.41 Å². The summed E-state index contributed by atoms with van der Waals surface area (Å²) in [5.41, 5.74) is 3.89. The Morgan fingerprint density at radius 1 is 0.958 bits per heavy atom. The van der Waals surface area contributed by atoms with Gasteiger partial charge >= 0.3 is 0 Å². The predicted octanol–water partition coefficient (Wildman–Crippen LogP) is 8.10. The van der Waals surface area contributed by atoms with Crippen LogP contribution in [0.5, 0.6) is 0 Å². The van der Waals surface area contributed by atoms with E-state index in [1.54, 1.807) is 0 Å². The van der Waals surface area contributed by atoms with Crippen molar-refractivity contribution in [3.63, 3.8) is 0 Å². The Hall–Kier alpha value is -1.22. The van der Waals surface area contributed by atoms with Crippen LogP contribution in [-0.4, -0.2) is 0 Å². The van der Waals surface area contributed by atoms with Crippen molar-refractivity contribution in [2.45, 2.75) is 101 Å². The number of unbranched alkanes of at least 4 members (excludes halogenated alkanes) is 1. The molecule has 0 aliphatic rings. The van der Waals surface area contributed by atoms with Gasteiger partial charge in [0.1, 0.15) is 0 Å². The van der Waals surface area contributed by atoms with E-state index < -0.39 is 0 Å². The Labute approximate surface area is 154 Å². The lowest BCUT2D eigenvalue weighted by Crippen LogP contribution is -2.30. The Morgan fingerprint density at radius 2 is 1.46 bits per heavy atom. The summed E-state index contributed by atoms with van der Waals surface area (Å²) in [7, 11) is 0. The third-order valence-corrected chi connectivity index (χ3v) is 4.19. The third kappa shape index (κ3) is 8.05. The smallest absolute Gasteiger partial charge is 0.0583 e. The van der Waals surface area contributed by atoms with Gasteiger partial charge in [-0.25, -0.2) is 0 Å². The summed E-state index contributed by atoms with van der Waals surface area (Å²) in [6.07, 6.45) is 9.39. The monoisotopic (exact) mass is 332 g/mol. The number of hydrogen-bond donors (Lipinski definition) is 0. The van der Waals surface area contributed by atoms with E-state index in [9.17, 15) is 0 Å². The minimum atomic E-state index is -0.103. The number of hydrogen-bond acceptors (Lipinski definition) is 0. The molecule has 0 aliphatic heterocycles. The lowest BCUT2D eigenvalue weighted by atomic mass is 9.69. The first-order valence-corrected chi connectivity index (χ1v) is 10.0. The van der Waals surface area contributed by atoms with Gasteiger partial charge in [0.15, 0.2) is 0 Å². The molecule has 1 aromatic rings. The van der Waals surface area contributed by atoms with E-state index in [0.29, 0.717) is 5.92 Å². The molecule has 1 atom stereocenters. The van der Waals surface area contributed by atoms with Crippen molar-refractivity contribution in [2.75, 3.05) is 0 Å². The van der Waals surface area contributed by atoms with Gasteiger partial charge < -0.3 is 0 Å². The summed E-state index contributed by atoms with van der Waals surface area (Å²) >= 11 is 0. The quantitative estimate of drug-likeness (QED) is 0.478. The number of terminal acetylenes is 1. The molecule has 24 heavy (non-hydrogen) atoms. The van der Waals surface area contributed by atoms with Crippen LogP contribution in [0.15, 0.2) is 18.2 Å². The standard InChI is InChI=1S/C18H26.3C2H6/c1-7-9-12-18(8-2,14(3)4)17-11-10-15(5)16(6)13-17;3*1-2/h2,10-11,13-14H,7,9,12H2,1,3-6H3;3*1-2H3. The van der Waals surface area contributed by atoms with Gasteiger partial charge in [-0.1, -0.05) is 99.3 Å². The average molecular weight is 333 g/mol. The summed E-state index contributed by atoms with van der Waals surface area (Å²) in [6.45, 7) is 23.0. The zero-order chi connectivity index (χ0) is 19.8. The molecule has 0 amide bonds. The van der Waals surface area contributed by atoms with Crippen LogP contribution in [-0.2, 0) is 5.41 Å². The fraction of sp³-hybridized carbons (Fsp3) is 0.667. The Kier molecular flexibility index (Phi) is 19.1. The average Bonchev–Trinajstić information content (AvgIpc) is 2.63. The van der Waals surface area contributed by atoms with Crippen LogP contribution in [0.1, 0.15) is 98.3 Å². The number of benzene rings is 1. The highest BCUT2D eigenvalue weighted by Gasteiger charge is 2.33. The van der Waals surface area contributed by atoms with Gasteiger partial charge in [-0.15, -0.1) is 6.42 Å². The van der Waals surface area contributed by atoms with Gasteiger partial charge in [-0.05, 0) is 42.9 Å². The molecule has 0 saturated carbocycles. The molecule has 0 N–H and O–H groups in total. The van der Waals surface area contributed by atoms with E-state index in [0.717, 1.165) is 6.42 Å². The molecule has 1 unspecified atom stereocenters. The van der Waals surface area contributed by atoms with E-state index in [4.69, 9.17) is 6.42 Å². The second-order valence-electron chi connectivity index (χ2n) is 5.67. The fourth-order valence-electron chi connectivity index (χ4n) is 2.56. The van der Waals surface area contributed by atoms with Gasteiger partial charge in [0.25, 0.3) is 0 Å². The largest absolute Gasteiger partial charge is 0.119 e. The van der Waals surface area contributed by atoms with Crippen LogP contribution in [0.25, 0.3) is 0 Å². The minimum absolute atomic E-state index is 0.103. The van der Waals surface area contributed by atoms with Crippen molar-refractivity contribution < 1.29 is 0 Å². The third-order valence-electron chi connectivity index (χ3n) is 4.19. The molecular formula is C24H44. The lowest BCUT2D eigenvalue weighted by Gasteiger charge is -2.34. The molecule has 0 fully saturated rings. The molecule has 0 saturated heterocycles. The zero-order valence-electron chi connectivity index (χ0n) is 18.5. The maximum Gasteiger partial charge on any atom is 0.0583 e. The number of aryl methyl sites for hydroxylation is 2. The summed E-state index contributed by atoms with van der Waals surface area (Å²) in [6, 6.07) is 6.70. The molecule has 0 aliphatic carbocycles. The molecule has 0 heterocycles. The molecule has 140 valence electrons. The highest BCUT2D eigenvalue weighted by atomic mass is 14.3. The number of rotatable bonds is 5. The summed E-state index contributed by atoms with van der Waals surface area (Å²) in [4.78, 5) is 0. The summed E-state index contributed by atoms with van der Waals surface area (Å²) < 4.78 is 0. The van der Waals surface area contributed by atoms with Crippen LogP contribution >= 0.6 is 0 Å². The first-order chi connectivity index (χ1) is 11.5. The molecular weight excluding hydrogens is 288 g/mol. The van der Waals surface area contributed by atoms with E-state index >= 15 is 0 Å². The first-order valence-electron chi connectivity index (χ1n) is 10.0. The maximum absolute atomic E-state index is 5.92. The van der Waals surface area contributed by atoms with Crippen LogP contribution < -0.4 is 0 Å². The molecule has 0 heteroatoms. The molecule has 0 radical (unpaired) electrons. The van der Waals surface area contributed by atoms with Gasteiger partial charge in [-0.2, -0.15) is 0 Å². The Bertz CT molecular complexity index is 434. The van der Waals surface area contributed by atoms with Crippen molar-refractivity contribution in [1.82, 2.24) is 0 Å². The zero-order valence-corrected chi connectivity index (χ0v) is 18.5. The SMILES string of the molecule is C#CC(CCCC)(c1ccc(C)c(C)c1)C(C)C.CC.CC.CC. The normalized spacial score (nSPS) is 11.5. The van der Waals surface area contributed by atoms with Gasteiger partial charge in [0.05, 0.1) is 5.41 Å². The van der Waals surface area contributed by atoms with Crippen LogP contribution in [0.2, 0.25) is 0 Å². The van der Waals surface area contributed by atoms with Crippen LogP contribution in [0.3, 0.4) is 0 Å². The van der Waals surface area contributed by atoms with Crippen molar-refractivity contribution >= 4 is 0 Å². The van der Waals surface area contributed by atoms with Crippen molar-refractivity contribution in [3.05, 3.63) is 34.9 Å². The van der Waals surface area contributed by atoms with Gasteiger partial charge in [0, 0.05) is 0 Å². The molecule has 0 aromatic heterocycles. The minimum Gasteiger partial charge on any atom is -0.119 e. The lowest BCUT2D eigenvalue weighted by molar-refractivity contribution is 0.362.